The van der Waals surface area contributed by atoms with Gasteiger partial charge >= 0.3 is 5.97 Å². The van der Waals surface area contributed by atoms with E-state index in [4.69, 9.17) is 37.6 Å². The third-order valence-electron chi connectivity index (χ3n) is 14.7. The molecule has 12 unspecified atom stereocenters. The van der Waals surface area contributed by atoms with E-state index in [2.05, 4.69) is 26.8 Å². The summed E-state index contributed by atoms with van der Waals surface area (Å²) in [5, 5.41) is 89.3. The van der Waals surface area contributed by atoms with Gasteiger partial charge in [0, 0.05) is 22.6 Å². The van der Waals surface area contributed by atoms with Gasteiger partial charge in [-0.15, -0.1) is 0 Å². The lowest BCUT2D eigenvalue weighted by atomic mass is 9.84. The maximum Gasteiger partial charge on any atom is 0.306 e. The first-order valence-corrected chi connectivity index (χ1v) is 27.3. The van der Waals surface area contributed by atoms with Crippen LogP contribution in [0.5, 0.6) is 23.0 Å². The number of fused-ring (bicyclic) bond motifs is 2. The minimum Gasteiger partial charge on any atom is -0.508 e. The number of Topliss-reactive ketones (excluding diaryl/α,β-unsaturated/α-hetero) is 2. The molecule has 1 aromatic heterocycles. The Morgan fingerprint density at radius 3 is 2.06 bits per heavy atom. The van der Waals surface area contributed by atoms with Crippen LogP contribution in [0.3, 0.4) is 0 Å². The highest BCUT2D eigenvalue weighted by Gasteiger charge is 2.47. The number of ketones is 2. The van der Waals surface area contributed by atoms with Crippen molar-refractivity contribution in [2.45, 2.75) is 184 Å². The van der Waals surface area contributed by atoms with Crippen LogP contribution in [0.25, 0.3) is 11.0 Å². The van der Waals surface area contributed by atoms with Gasteiger partial charge in [0.15, 0.2) is 34.8 Å². The maximum absolute atomic E-state index is 12.2. The number of phenols is 2. The molecule has 8 rings (SSSR count). The monoisotopic (exact) mass is 1180 g/mol. The van der Waals surface area contributed by atoms with E-state index in [9.17, 15) is 65.1 Å². The van der Waals surface area contributed by atoms with Crippen molar-refractivity contribution in [2.24, 2.45) is 17.8 Å². The molecule has 0 spiro atoms. The average Bonchev–Trinajstić information content (AvgIpc) is 2.76. The van der Waals surface area contributed by atoms with Crippen molar-refractivity contribution in [3.8, 4) is 23.0 Å². The Kier molecular flexibility index (Phi) is 27.9. The fourth-order valence-electron chi connectivity index (χ4n) is 9.12. The van der Waals surface area contributed by atoms with Crippen molar-refractivity contribution in [1.29, 1.82) is 0 Å². The van der Waals surface area contributed by atoms with Gasteiger partial charge in [-0.25, -0.2) is 0 Å². The molecular formula is C63H88O21. The summed E-state index contributed by atoms with van der Waals surface area (Å²) in [6.07, 6.45) is -6.13. The largest absolute Gasteiger partial charge is 0.508 e. The summed E-state index contributed by atoms with van der Waals surface area (Å²) in [7, 11) is 0. The quantitative estimate of drug-likeness (QED) is 0.0342. The third-order valence-corrected chi connectivity index (χ3v) is 14.7. The Bertz CT molecular complexity index is 2980. The van der Waals surface area contributed by atoms with E-state index >= 15 is 0 Å². The lowest BCUT2D eigenvalue weighted by molar-refractivity contribution is -0.327. The highest BCUT2D eigenvalue weighted by Crippen LogP contribution is 2.45. The first-order chi connectivity index (χ1) is 38.8. The molecule has 9 N–H and O–H groups in total. The van der Waals surface area contributed by atoms with E-state index in [0.29, 0.717) is 40.2 Å². The molecule has 4 aliphatic rings. The van der Waals surface area contributed by atoms with Crippen LogP contribution >= 0.6 is 0 Å². The Morgan fingerprint density at radius 2 is 1.45 bits per heavy atom. The molecule has 2 saturated heterocycles. The fraction of sp³-hybridized carbons (Fsp3) is 0.524. The molecule has 4 aliphatic heterocycles. The molecule has 2 fully saturated rings. The van der Waals surface area contributed by atoms with Gasteiger partial charge in [-0.05, 0) is 126 Å². The maximum atomic E-state index is 12.2. The summed E-state index contributed by atoms with van der Waals surface area (Å²) >= 11 is 0. The SMILES string of the molecule is C.C.C/C=C1/[C@H](OC2OC(CO)C(O)C(O)C2O)OC=C(C(C)=O)[C@H]1CC(=O)OCCC.C/C=C1\Oc2c(ccc(OC3OC(C)C(O)C(O)C3O)c2O)C1=O.CCC(C)C(C)Cc1ccc(C)c(O)c1.Cc1ccc2c(=O)c(C)coc2c1. The van der Waals surface area contributed by atoms with Crippen molar-refractivity contribution in [3.05, 3.63) is 128 Å². The smallest absolute Gasteiger partial charge is 0.306 e. The Labute approximate surface area is 491 Å². The third kappa shape index (κ3) is 17.6. The molecule has 14 atom stereocenters. The molecule has 21 heteroatoms. The zero-order valence-corrected chi connectivity index (χ0v) is 48.2. The number of rotatable bonds is 14. The molecule has 0 saturated carbocycles. The Balaban J connectivity index is 0.000000306. The Morgan fingerprint density at radius 1 is 0.786 bits per heavy atom. The van der Waals surface area contributed by atoms with Gasteiger partial charge in [-0.3, -0.25) is 19.2 Å². The van der Waals surface area contributed by atoms with E-state index in [-0.39, 0.29) is 73.3 Å². The first kappa shape index (κ1) is 71.8. The van der Waals surface area contributed by atoms with Crippen LogP contribution in [0.1, 0.15) is 122 Å². The van der Waals surface area contributed by atoms with Crippen LogP contribution in [-0.2, 0) is 39.7 Å². The van der Waals surface area contributed by atoms with Gasteiger partial charge in [0.05, 0.1) is 49.2 Å². The number of aryl methyl sites for hydroxylation is 3. The number of phenolic OH excluding ortho intramolecular Hbond substituents is 2. The summed E-state index contributed by atoms with van der Waals surface area (Å²) in [4.78, 5) is 47.8. The second-order valence-electron chi connectivity index (χ2n) is 20.8. The molecule has 0 aliphatic carbocycles. The normalized spacial score (nSPS) is 26.7. The summed E-state index contributed by atoms with van der Waals surface area (Å²) in [6.45, 7) is 20.2. The van der Waals surface area contributed by atoms with Gasteiger partial charge in [0.25, 0.3) is 0 Å². The number of hydrogen-bond donors (Lipinski definition) is 9. The topological polar surface area (TPSA) is 328 Å². The van der Waals surface area contributed by atoms with Crippen molar-refractivity contribution >= 4 is 28.5 Å². The predicted octanol–water partition coefficient (Wildman–Crippen LogP) is 7.22. The Hall–Kier alpha value is -6.50. The summed E-state index contributed by atoms with van der Waals surface area (Å²) in [6, 6.07) is 14.4. The summed E-state index contributed by atoms with van der Waals surface area (Å²) < 4.78 is 43.0. The number of aromatic hydroxyl groups is 2. The lowest BCUT2D eigenvalue weighted by Gasteiger charge is -2.42. The van der Waals surface area contributed by atoms with Gasteiger partial charge in [0.1, 0.15) is 54.1 Å². The van der Waals surface area contributed by atoms with E-state index < -0.39 is 91.9 Å². The number of esters is 1. The number of carbonyl (C=O) groups is 3. The van der Waals surface area contributed by atoms with E-state index in [1.165, 1.54) is 56.6 Å². The van der Waals surface area contributed by atoms with Gasteiger partial charge in [-0.1, -0.05) is 73.2 Å². The zero-order chi connectivity index (χ0) is 60.9. The summed E-state index contributed by atoms with van der Waals surface area (Å²) in [5.74, 6) is -0.384. The van der Waals surface area contributed by atoms with Crippen LogP contribution in [0.4, 0.5) is 0 Å². The van der Waals surface area contributed by atoms with Gasteiger partial charge in [0.2, 0.25) is 24.1 Å². The number of ether oxygens (including phenoxy) is 7. The number of benzene rings is 3. The van der Waals surface area contributed by atoms with Crippen molar-refractivity contribution in [3.63, 3.8) is 0 Å². The predicted molar refractivity (Wildman–Crippen MR) is 312 cm³/mol. The molecular weight excluding hydrogens is 1090 g/mol. The van der Waals surface area contributed by atoms with E-state index in [1.807, 2.05) is 51.1 Å². The minimum atomic E-state index is -1.62. The highest BCUT2D eigenvalue weighted by molar-refractivity contribution is 6.13. The molecule has 3 aromatic carbocycles. The average molecular weight is 1180 g/mol. The van der Waals surface area contributed by atoms with Crippen LogP contribution in [-0.4, -0.2) is 144 Å². The number of carbonyl (C=O) groups excluding carboxylic acids is 3. The van der Waals surface area contributed by atoms with Gasteiger partial charge in [-0.2, -0.15) is 0 Å². The highest BCUT2D eigenvalue weighted by atomic mass is 16.8. The van der Waals surface area contributed by atoms with Crippen LogP contribution in [0, 0.1) is 38.5 Å². The molecule has 21 nitrogen and oxygen atoms in total. The first-order valence-electron chi connectivity index (χ1n) is 27.3. The number of aliphatic hydroxyl groups excluding tert-OH is 7. The fourth-order valence-corrected chi connectivity index (χ4v) is 9.12. The number of hydrogen-bond acceptors (Lipinski definition) is 21. The summed E-state index contributed by atoms with van der Waals surface area (Å²) in [5.41, 5.74) is 5.56. The molecule has 0 amide bonds. The molecule has 84 heavy (non-hydrogen) atoms. The van der Waals surface area contributed by atoms with Crippen LogP contribution in [0.15, 0.2) is 99.3 Å². The van der Waals surface area contributed by atoms with Crippen LogP contribution < -0.4 is 14.9 Å². The van der Waals surface area contributed by atoms with Crippen molar-refractivity contribution < 1.29 is 97.9 Å². The van der Waals surface area contributed by atoms with E-state index in [1.54, 1.807) is 26.8 Å². The zero-order valence-electron chi connectivity index (χ0n) is 48.2. The van der Waals surface area contributed by atoms with Crippen LogP contribution in [0.2, 0.25) is 0 Å². The molecule has 0 radical (unpaired) electrons. The molecule has 4 aromatic rings. The second kappa shape index (κ2) is 32.7. The lowest BCUT2D eigenvalue weighted by Crippen LogP contribution is -2.60. The molecule has 5 heterocycles. The molecule has 0 bridgehead atoms. The van der Waals surface area contributed by atoms with E-state index in [0.717, 1.165) is 23.5 Å². The molecule has 466 valence electrons. The number of aliphatic hydroxyl groups is 7. The second-order valence-corrected chi connectivity index (χ2v) is 20.8. The van der Waals surface area contributed by atoms with Crippen molar-refractivity contribution in [2.75, 3.05) is 13.2 Å². The van der Waals surface area contributed by atoms with Crippen molar-refractivity contribution in [1.82, 2.24) is 0 Å². The standard InChI is InChI=1S/C20H30O10.C16H18O8.C14H22O.C11H10O2.2CH4/c1-4-6-27-15(23)7-12-11(5-2)19(28-9-13(12)10(3)22)30-20-18(26)17(25)16(24)14(8-21)29-20;1-3-8-11(18)7-4-5-9(12(19)15(7)23-8)24-16-14(21)13(20)10(17)6(2)22-16;1-5-10(2)12(4)8-13-7-6-11(3)14(15)9-13;1-7-3-4-9-10(5-7)13-6-8(2)11(9)12;;/h5,9,12,14,16-21,24-26H,4,6-8H2,1-3H3;3-6,10,13-14,16-17,19-21H,1-2H3;6-7,9-10,12,15H,5,8H2,1-4H3;3-6H,1-2H3;2*1H4/b11-5+;8-3-;;;;/t12-,14?,16?,17?,18?,19-,20?;;;;;/m0...../s1. The number of allylic oxidation sites excluding steroid dienone is 4. The minimum absolute atomic E-state index is 0. The van der Waals surface area contributed by atoms with Gasteiger partial charge < -0.3 is 83.5 Å².